The smallest absolute Gasteiger partial charge is 0.165 e. The van der Waals surface area contributed by atoms with Gasteiger partial charge >= 0.3 is 0 Å². The summed E-state index contributed by atoms with van der Waals surface area (Å²) in [7, 11) is 0. The first-order chi connectivity index (χ1) is 7.79. The minimum Gasteiger partial charge on any atom is -0.490 e. The number of benzene rings is 1. The predicted octanol–water partition coefficient (Wildman–Crippen LogP) is 3.20. The Hall–Kier alpha value is -1.20. The molecule has 0 saturated heterocycles. The highest BCUT2D eigenvalue weighted by atomic mass is 35.5. The second kappa shape index (κ2) is 5.23. The zero-order valence-electron chi connectivity index (χ0n) is 8.80. The van der Waals surface area contributed by atoms with Crippen LogP contribution in [0.25, 0.3) is 0 Å². The summed E-state index contributed by atoms with van der Waals surface area (Å²) >= 11 is 5.45. The van der Waals surface area contributed by atoms with Crippen LogP contribution in [-0.4, -0.2) is 12.5 Å². The lowest BCUT2D eigenvalue weighted by Gasteiger charge is -2.06. The van der Waals surface area contributed by atoms with Crippen molar-refractivity contribution in [3.05, 3.63) is 29.6 Å². The monoisotopic (exact) mass is 238 g/mol. The summed E-state index contributed by atoms with van der Waals surface area (Å²) in [6, 6.07) is 4.62. The summed E-state index contributed by atoms with van der Waals surface area (Å²) in [5, 5.41) is 0. The van der Waals surface area contributed by atoms with Crippen LogP contribution >= 0.6 is 11.6 Å². The van der Waals surface area contributed by atoms with E-state index in [0.29, 0.717) is 12.5 Å². The van der Waals surface area contributed by atoms with Gasteiger partial charge in [-0.2, -0.15) is 0 Å². The van der Waals surface area contributed by atoms with E-state index in [1.807, 2.05) is 0 Å². The second-order valence-electron chi connectivity index (χ2n) is 3.83. The summed E-state index contributed by atoms with van der Waals surface area (Å²) in [6.07, 6.45) is 2.38. The van der Waals surface area contributed by atoms with Crippen LogP contribution in [0.2, 0.25) is 0 Å². The van der Waals surface area contributed by atoms with E-state index in [-0.39, 0.29) is 17.4 Å². The van der Waals surface area contributed by atoms with Gasteiger partial charge in [0.05, 0.1) is 12.5 Å². The van der Waals surface area contributed by atoms with Gasteiger partial charge in [-0.3, -0.25) is 0 Å². The first-order valence-electron chi connectivity index (χ1n) is 5.27. The lowest BCUT2D eigenvalue weighted by atomic mass is 10.2. The topological polar surface area (TPSA) is 9.23 Å². The van der Waals surface area contributed by atoms with Crippen molar-refractivity contribution in [1.29, 1.82) is 0 Å². The molecule has 1 aromatic rings. The van der Waals surface area contributed by atoms with E-state index in [9.17, 15) is 4.39 Å². The summed E-state index contributed by atoms with van der Waals surface area (Å²) in [6.45, 7) is 0.601. The molecule has 0 N–H and O–H groups in total. The Labute approximate surface area is 99.6 Å². The quantitative estimate of drug-likeness (QED) is 0.581. The Morgan fingerprint density at radius 3 is 2.94 bits per heavy atom. The Bertz CT molecular complexity index is 429. The van der Waals surface area contributed by atoms with Crippen LogP contribution in [0.1, 0.15) is 18.4 Å². The highest BCUT2D eigenvalue weighted by Gasteiger charge is 2.22. The molecule has 0 amide bonds. The van der Waals surface area contributed by atoms with Gasteiger partial charge in [0.2, 0.25) is 0 Å². The summed E-state index contributed by atoms with van der Waals surface area (Å²) < 4.78 is 18.8. The number of ether oxygens (including phenoxy) is 1. The summed E-state index contributed by atoms with van der Waals surface area (Å²) in [4.78, 5) is 0. The third-order valence-electron chi connectivity index (χ3n) is 2.40. The minimum atomic E-state index is -0.336. The average Bonchev–Trinajstić information content (AvgIpc) is 3.10. The molecule has 0 aromatic heterocycles. The minimum absolute atomic E-state index is 0.273. The van der Waals surface area contributed by atoms with Crippen molar-refractivity contribution in [2.75, 3.05) is 12.5 Å². The van der Waals surface area contributed by atoms with E-state index in [0.717, 1.165) is 5.56 Å². The maximum absolute atomic E-state index is 13.4. The number of hydrogen-bond acceptors (Lipinski definition) is 1. The fourth-order valence-corrected chi connectivity index (χ4v) is 1.39. The third kappa shape index (κ3) is 3.15. The van der Waals surface area contributed by atoms with Gasteiger partial charge in [-0.25, -0.2) is 4.39 Å². The molecule has 1 aliphatic rings. The highest BCUT2D eigenvalue weighted by molar-refractivity contribution is 6.19. The maximum atomic E-state index is 13.4. The third-order valence-corrected chi connectivity index (χ3v) is 2.54. The molecule has 0 unspecified atom stereocenters. The van der Waals surface area contributed by atoms with E-state index in [1.54, 1.807) is 12.1 Å². The Morgan fingerprint density at radius 1 is 1.44 bits per heavy atom. The average molecular weight is 239 g/mol. The summed E-state index contributed by atoms with van der Waals surface area (Å²) in [5.41, 5.74) is 0.729. The number of rotatable bonds is 3. The largest absolute Gasteiger partial charge is 0.490 e. The zero-order valence-corrected chi connectivity index (χ0v) is 9.56. The second-order valence-corrected chi connectivity index (χ2v) is 4.10. The lowest BCUT2D eigenvalue weighted by Crippen LogP contribution is -2.01. The molecule has 1 aliphatic carbocycles. The van der Waals surface area contributed by atoms with Crippen LogP contribution in [0, 0.1) is 23.6 Å². The van der Waals surface area contributed by atoms with E-state index >= 15 is 0 Å². The van der Waals surface area contributed by atoms with Gasteiger partial charge in [0.25, 0.3) is 0 Å². The maximum Gasteiger partial charge on any atom is 0.165 e. The van der Waals surface area contributed by atoms with Crippen molar-refractivity contribution in [2.45, 2.75) is 12.8 Å². The fourth-order valence-electron chi connectivity index (χ4n) is 1.32. The van der Waals surface area contributed by atoms with Gasteiger partial charge in [0.1, 0.15) is 0 Å². The van der Waals surface area contributed by atoms with Crippen LogP contribution in [-0.2, 0) is 0 Å². The van der Waals surface area contributed by atoms with Crippen molar-refractivity contribution in [3.63, 3.8) is 0 Å². The van der Waals surface area contributed by atoms with Crippen LogP contribution in [0.15, 0.2) is 18.2 Å². The van der Waals surface area contributed by atoms with Gasteiger partial charge in [0.15, 0.2) is 11.6 Å². The van der Waals surface area contributed by atoms with Crippen molar-refractivity contribution in [2.24, 2.45) is 5.92 Å². The van der Waals surface area contributed by atoms with Crippen molar-refractivity contribution in [1.82, 2.24) is 0 Å². The first-order valence-corrected chi connectivity index (χ1v) is 5.80. The van der Waals surface area contributed by atoms with Gasteiger partial charge in [-0.15, -0.1) is 11.6 Å². The molecule has 0 bridgehead atoms. The molecule has 0 heterocycles. The van der Waals surface area contributed by atoms with Gasteiger partial charge in [-0.05, 0) is 37.0 Å². The first kappa shape index (κ1) is 11.3. The van der Waals surface area contributed by atoms with E-state index in [2.05, 4.69) is 11.8 Å². The fraction of sp³-hybridized carbons (Fsp3) is 0.385. The molecule has 84 valence electrons. The van der Waals surface area contributed by atoms with Crippen LogP contribution in [0.4, 0.5) is 4.39 Å². The van der Waals surface area contributed by atoms with Crippen molar-refractivity contribution in [3.8, 4) is 17.6 Å². The molecule has 0 aliphatic heterocycles. The molecule has 1 saturated carbocycles. The van der Waals surface area contributed by atoms with Crippen LogP contribution < -0.4 is 4.74 Å². The van der Waals surface area contributed by atoms with Crippen LogP contribution in [0.3, 0.4) is 0 Å². The van der Waals surface area contributed by atoms with Gasteiger partial charge in [-0.1, -0.05) is 11.8 Å². The molecule has 0 radical (unpaired) electrons. The molecular formula is C13H12ClFO. The zero-order chi connectivity index (χ0) is 11.4. The van der Waals surface area contributed by atoms with E-state index in [4.69, 9.17) is 16.3 Å². The molecule has 1 nitrogen and oxygen atoms in total. The van der Waals surface area contributed by atoms with E-state index < -0.39 is 0 Å². The number of alkyl halides is 1. The number of hydrogen-bond donors (Lipinski definition) is 0. The molecule has 16 heavy (non-hydrogen) atoms. The Balaban J connectivity index is 2.07. The molecule has 2 rings (SSSR count). The SMILES string of the molecule is Fc1ccc(C#CCCl)cc1OCC1CC1. The highest BCUT2D eigenvalue weighted by Crippen LogP contribution is 2.30. The molecule has 3 heteroatoms. The van der Waals surface area contributed by atoms with Gasteiger partial charge in [0, 0.05) is 5.56 Å². The molecule has 1 aromatic carbocycles. The van der Waals surface area contributed by atoms with Crippen molar-refractivity contribution < 1.29 is 9.13 Å². The van der Waals surface area contributed by atoms with Gasteiger partial charge < -0.3 is 4.74 Å². The molecule has 0 spiro atoms. The van der Waals surface area contributed by atoms with E-state index in [1.165, 1.54) is 18.9 Å². The molecular weight excluding hydrogens is 227 g/mol. The Morgan fingerprint density at radius 2 is 2.25 bits per heavy atom. The standard InChI is InChI=1S/C13H12ClFO/c14-7-1-2-10-5-6-12(15)13(8-10)16-9-11-3-4-11/h5-6,8,11H,3-4,7,9H2. The Kier molecular flexibility index (Phi) is 3.69. The van der Waals surface area contributed by atoms with Crippen LogP contribution in [0.5, 0.6) is 5.75 Å². The molecule has 0 atom stereocenters. The predicted molar refractivity (Wildman–Crippen MR) is 62.2 cm³/mol. The number of halogens is 2. The molecule has 1 fully saturated rings. The lowest BCUT2D eigenvalue weighted by molar-refractivity contribution is 0.285. The summed E-state index contributed by atoms with van der Waals surface area (Å²) in [5.74, 6) is 6.39. The normalized spacial score (nSPS) is 14.1. The van der Waals surface area contributed by atoms with Crippen molar-refractivity contribution >= 4 is 11.6 Å².